The Hall–Kier alpha value is -4.24. The van der Waals surface area contributed by atoms with Gasteiger partial charge in [0.05, 0.1) is 24.4 Å². The minimum atomic E-state index is -0.948. The first-order valence-corrected chi connectivity index (χ1v) is 11.9. The predicted molar refractivity (Wildman–Crippen MR) is 136 cm³/mol. The van der Waals surface area contributed by atoms with Gasteiger partial charge in [0.15, 0.2) is 5.13 Å². The van der Waals surface area contributed by atoms with Crippen molar-refractivity contribution in [2.24, 2.45) is 0 Å². The van der Waals surface area contributed by atoms with E-state index in [0.717, 1.165) is 16.9 Å². The molecule has 1 atom stereocenters. The van der Waals surface area contributed by atoms with Crippen LogP contribution in [0.15, 0.2) is 66.8 Å². The number of carbonyl (C=O) groups excluding carboxylic acids is 3. The van der Waals surface area contributed by atoms with E-state index in [4.69, 9.17) is 9.47 Å². The van der Waals surface area contributed by atoms with Crippen molar-refractivity contribution < 1.29 is 29.0 Å². The number of hydrogen-bond donors (Lipinski definition) is 1. The molecule has 0 spiro atoms. The Labute approximate surface area is 212 Å². The van der Waals surface area contributed by atoms with Gasteiger partial charge in [0.2, 0.25) is 0 Å². The molecule has 3 aromatic rings. The summed E-state index contributed by atoms with van der Waals surface area (Å²) in [5, 5.41) is 11.4. The number of thiazole rings is 1. The van der Waals surface area contributed by atoms with Crippen molar-refractivity contribution in [1.82, 2.24) is 4.98 Å². The highest BCUT2D eigenvalue weighted by atomic mass is 32.1. The number of nitrogens with zero attached hydrogens (tertiary/aromatic N) is 2. The number of Topliss-reactive ketones (excluding diaryl/α,β-unsaturated/α-hetero) is 1. The Morgan fingerprint density at radius 3 is 2.56 bits per heavy atom. The molecule has 36 heavy (non-hydrogen) atoms. The van der Waals surface area contributed by atoms with E-state index in [-0.39, 0.29) is 27.9 Å². The summed E-state index contributed by atoms with van der Waals surface area (Å²) in [7, 11) is 1.54. The normalized spacial score (nSPS) is 16.8. The van der Waals surface area contributed by atoms with E-state index < -0.39 is 23.7 Å². The topological polar surface area (TPSA) is 106 Å². The highest BCUT2D eigenvalue weighted by molar-refractivity contribution is 7.17. The zero-order valence-corrected chi connectivity index (χ0v) is 20.8. The van der Waals surface area contributed by atoms with Crippen LogP contribution in [0.25, 0.3) is 5.76 Å². The third kappa shape index (κ3) is 4.40. The Bertz CT molecular complexity index is 1390. The minimum Gasteiger partial charge on any atom is -0.507 e. The van der Waals surface area contributed by atoms with E-state index >= 15 is 0 Å². The molecule has 0 radical (unpaired) electrons. The molecule has 2 heterocycles. The second-order valence-electron chi connectivity index (χ2n) is 8.06. The lowest BCUT2D eigenvalue weighted by molar-refractivity contribution is -0.132. The highest BCUT2D eigenvalue weighted by Gasteiger charge is 2.48. The fraction of sp³-hybridized carbons (Fsp3) is 0.185. The van der Waals surface area contributed by atoms with Crippen LogP contribution < -0.4 is 9.64 Å². The zero-order valence-electron chi connectivity index (χ0n) is 20.0. The smallest absolute Gasteiger partial charge is 0.350 e. The molecule has 0 unspecified atom stereocenters. The molecule has 1 saturated heterocycles. The summed E-state index contributed by atoms with van der Waals surface area (Å²) in [5.74, 6) is -1.98. The van der Waals surface area contributed by atoms with Crippen LogP contribution in [0.2, 0.25) is 0 Å². The molecule has 184 valence electrons. The molecule has 0 bridgehead atoms. The van der Waals surface area contributed by atoms with Gasteiger partial charge >= 0.3 is 11.9 Å². The quantitative estimate of drug-likeness (QED) is 0.163. The number of aromatic nitrogens is 1. The monoisotopic (exact) mass is 504 g/mol. The summed E-state index contributed by atoms with van der Waals surface area (Å²) in [6, 6.07) is 12.9. The van der Waals surface area contributed by atoms with Gasteiger partial charge in [0, 0.05) is 5.56 Å². The first kappa shape index (κ1) is 24.9. The lowest BCUT2D eigenvalue weighted by atomic mass is 9.95. The van der Waals surface area contributed by atoms with Crippen molar-refractivity contribution in [1.29, 1.82) is 0 Å². The molecular weight excluding hydrogens is 480 g/mol. The Kier molecular flexibility index (Phi) is 7.03. The number of carbonyl (C=O) groups is 3. The van der Waals surface area contributed by atoms with Gasteiger partial charge in [0.25, 0.3) is 5.78 Å². The number of rotatable bonds is 7. The molecule has 8 nitrogen and oxygen atoms in total. The molecule has 1 aliphatic rings. The fourth-order valence-corrected chi connectivity index (χ4v) is 5.02. The standard InChI is InChI=1S/C27H24N2O6S/c1-5-13-35-26(33)24-16(3)28-27(36-24)29-21(17-9-7-6-8-10-17)20(23(31)25(29)32)22(30)18-11-12-19(34-4)15(2)14-18/h5-12,14,21,30H,1,13H2,2-4H3/b22-20+/t21-/m1/s1. The van der Waals surface area contributed by atoms with E-state index in [1.807, 2.05) is 13.0 Å². The van der Waals surface area contributed by atoms with E-state index in [9.17, 15) is 19.5 Å². The van der Waals surface area contributed by atoms with Gasteiger partial charge in [0.1, 0.15) is 23.0 Å². The first-order valence-electron chi connectivity index (χ1n) is 11.0. The zero-order chi connectivity index (χ0) is 26.0. The van der Waals surface area contributed by atoms with Crippen LogP contribution in [-0.2, 0) is 14.3 Å². The second-order valence-corrected chi connectivity index (χ2v) is 9.04. The largest absolute Gasteiger partial charge is 0.507 e. The molecule has 1 amide bonds. The molecule has 9 heteroatoms. The van der Waals surface area contributed by atoms with Crippen LogP contribution in [0.4, 0.5) is 5.13 Å². The minimum absolute atomic E-state index is 0.0291. The van der Waals surface area contributed by atoms with E-state index in [2.05, 4.69) is 11.6 Å². The summed E-state index contributed by atoms with van der Waals surface area (Å²) >= 11 is 0.949. The number of esters is 1. The maximum Gasteiger partial charge on any atom is 0.350 e. The van der Waals surface area contributed by atoms with Gasteiger partial charge in [-0.25, -0.2) is 9.78 Å². The number of aliphatic hydroxyl groups is 1. The van der Waals surface area contributed by atoms with E-state index in [0.29, 0.717) is 22.6 Å². The van der Waals surface area contributed by atoms with Gasteiger partial charge < -0.3 is 14.6 Å². The van der Waals surface area contributed by atoms with Crippen molar-refractivity contribution in [2.75, 3.05) is 18.6 Å². The Morgan fingerprint density at radius 1 is 1.19 bits per heavy atom. The predicted octanol–water partition coefficient (Wildman–Crippen LogP) is 4.74. The van der Waals surface area contributed by atoms with Crippen molar-refractivity contribution in [2.45, 2.75) is 19.9 Å². The van der Waals surface area contributed by atoms with Crippen molar-refractivity contribution in [3.05, 3.63) is 94.0 Å². The van der Waals surface area contributed by atoms with Crippen molar-refractivity contribution >= 4 is 39.9 Å². The number of ketones is 1. The molecule has 1 N–H and O–H groups in total. The summed E-state index contributed by atoms with van der Waals surface area (Å²) in [5.41, 5.74) is 2.02. The average molecular weight is 505 g/mol. The number of benzene rings is 2. The average Bonchev–Trinajstić information content (AvgIpc) is 3.39. The summed E-state index contributed by atoms with van der Waals surface area (Å²) in [4.78, 5) is 44.9. The molecule has 1 aromatic heterocycles. The molecule has 0 aliphatic carbocycles. The maximum atomic E-state index is 13.3. The van der Waals surface area contributed by atoms with Gasteiger partial charge in [-0.2, -0.15) is 0 Å². The lowest BCUT2D eigenvalue weighted by Gasteiger charge is -2.23. The number of amides is 1. The first-order chi connectivity index (χ1) is 17.3. The molecule has 0 saturated carbocycles. The molecule has 1 aliphatic heterocycles. The van der Waals surface area contributed by atoms with Crippen molar-refractivity contribution in [3.63, 3.8) is 0 Å². The fourth-order valence-electron chi connectivity index (χ4n) is 4.04. The maximum absolute atomic E-state index is 13.3. The molecule has 1 fully saturated rings. The highest BCUT2D eigenvalue weighted by Crippen LogP contribution is 2.44. The number of ether oxygens (including phenoxy) is 2. The van der Waals surface area contributed by atoms with Crippen LogP contribution in [0, 0.1) is 13.8 Å². The van der Waals surface area contributed by atoms with Gasteiger partial charge in [-0.05, 0) is 43.2 Å². The summed E-state index contributed by atoms with van der Waals surface area (Å²) < 4.78 is 10.4. The van der Waals surface area contributed by atoms with Crippen LogP contribution in [-0.4, -0.2) is 41.5 Å². The molecular formula is C27H24N2O6S. The number of aryl methyl sites for hydroxylation is 2. The van der Waals surface area contributed by atoms with Crippen LogP contribution >= 0.6 is 11.3 Å². The van der Waals surface area contributed by atoms with E-state index in [1.165, 1.54) is 11.0 Å². The van der Waals surface area contributed by atoms with Crippen LogP contribution in [0.1, 0.15) is 38.1 Å². The second kappa shape index (κ2) is 10.2. The summed E-state index contributed by atoms with van der Waals surface area (Å²) in [6.07, 6.45) is 1.45. The Balaban J connectivity index is 1.87. The third-order valence-electron chi connectivity index (χ3n) is 5.74. The summed E-state index contributed by atoms with van der Waals surface area (Å²) in [6.45, 7) is 6.99. The van der Waals surface area contributed by atoms with Crippen molar-refractivity contribution in [3.8, 4) is 5.75 Å². The van der Waals surface area contributed by atoms with Crippen LogP contribution in [0.3, 0.4) is 0 Å². The van der Waals surface area contributed by atoms with Gasteiger partial charge in [-0.15, -0.1) is 0 Å². The van der Waals surface area contributed by atoms with Crippen LogP contribution in [0.5, 0.6) is 5.75 Å². The third-order valence-corrected chi connectivity index (χ3v) is 6.87. The van der Waals surface area contributed by atoms with Gasteiger partial charge in [-0.1, -0.05) is 54.3 Å². The number of anilines is 1. The number of methoxy groups -OCH3 is 1. The number of hydrogen-bond acceptors (Lipinski definition) is 8. The number of aliphatic hydroxyl groups excluding tert-OH is 1. The molecule has 4 rings (SSSR count). The SMILES string of the molecule is C=CCOC(=O)c1sc(N2C(=O)C(=O)/C(=C(/O)c3ccc(OC)c(C)c3)[C@H]2c2ccccc2)nc1C. The van der Waals surface area contributed by atoms with E-state index in [1.54, 1.807) is 56.5 Å². The van der Waals surface area contributed by atoms with Gasteiger partial charge in [-0.3, -0.25) is 14.5 Å². The Morgan fingerprint density at radius 2 is 1.92 bits per heavy atom. The molecule has 2 aromatic carbocycles. The lowest BCUT2D eigenvalue weighted by Crippen LogP contribution is -2.29.